The van der Waals surface area contributed by atoms with Crippen molar-refractivity contribution in [2.45, 2.75) is 33.7 Å². The Hall–Kier alpha value is -2.09. The van der Waals surface area contributed by atoms with E-state index in [1.54, 1.807) is 6.07 Å². The number of benzene rings is 1. The molecule has 1 aliphatic carbocycles. The SMILES string of the molecule is CC1(C)C(Nc2ccc(C#N)c([N+](=O)[O-])c2)C1(C)C. The van der Waals surface area contributed by atoms with Gasteiger partial charge in [0.2, 0.25) is 0 Å². The molecule has 0 radical (unpaired) electrons. The number of nitro benzene ring substituents is 1. The van der Waals surface area contributed by atoms with Crippen LogP contribution in [-0.2, 0) is 0 Å². The molecule has 0 saturated heterocycles. The van der Waals surface area contributed by atoms with Crippen molar-refractivity contribution >= 4 is 11.4 Å². The lowest BCUT2D eigenvalue weighted by atomic mass is 10.0. The minimum absolute atomic E-state index is 0.0878. The van der Waals surface area contributed by atoms with Crippen molar-refractivity contribution in [3.63, 3.8) is 0 Å². The summed E-state index contributed by atoms with van der Waals surface area (Å²) in [4.78, 5) is 10.4. The predicted molar refractivity (Wildman–Crippen MR) is 72.8 cm³/mol. The van der Waals surface area contributed by atoms with Gasteiger partial charge in [0.25, 0.3) is 5.69 Å². The number of nitrogens with zero attached hydrogens (tertiary/aromatic N) is 2. The van der Waals surface area contributed by atoms with Crippen LogP contribution >= 0.6 is 0 Å². The fraction of sp³-hybridized carbons (Fsp3) is 0.500. The lowest BCUT2D eigenvalue weighted by molar-refractivity contribution is -0.385. The van der Waals surface area contributed by atoms with E-state index in [-0.39, 0.29) is 28.1 Å². The molecule has 19 heavy (non-hydrogen) atoms. The van der Waals surface area contributed by atoms with Crippen molar-refractivity contribution in [2.24, 2.45) is 10.8 Å². The molecule has 0 aromatic heterocycles. The van der Waals surface area contributed by atoms with Gasteiger partial charge in [-0.05, 0) is 23.0 Å². The van der Waals surface area contributed by atoms with E-state index in [0.29, 0.717) is 5.69 Å². The van der Waals surface area contributed by atoms with E-state index >= 15 is 0 Å². The minimum atomic E-state index is -0.521. The molecule has 0 unspecified atom stereocenters. The number of nitriles is 1. The van der Waals surface area contributed by atoms with Crippen LogP contribution in [0.5, 0.6) is 0 Å². The summed E-state index contributed by atoms with van der Waals surface area (Å²) in [7, 11) is 0. The molecule has 1 N–H and O–H groups in total. The maximum Gasteiger partial charge on any atom is 0.289 e. The van der Waals surface area contributed by atoms with Gasteiger partial charge in [0.05, 0.1) is 4.92 Å². The van der Waals surface area contributed by atoms with Crippen LogP contribution in [0.3, 0.4) is 0 Å². The number of nitro groups is 1. The maximum atomic E-state index is 10.9. The molecule has 2 rings (SSSR count). The lowest BCUT2D eigenvalue weighted by Gasteiger charge is -2.08. The smallest absolute Gasteiger partial charge is 0.289 e. The first-order chi connectivity index (χ1) is 8.71. The first-order valence-electron chi connectivity index (χ1n) is 6.17. The number of rotatable bonds is 3. The van der Waals surface area contributed by atoms with Gasteiger partial charge in [0.15, 0.2) is 0 Å². The van der Waals surface area contributed by atoms with Crippen LogP contribution in [0.15, 0.2) is 18.2 Å². The third-order valence-electron chi connectivity index (χ3n) is 4.65. The first-order valence-corrected chi connectivity index (χ1v) is 6.17. The Labute approximate surface area is 112 Å². The zero-order valence-electron chi connectivity index (χ0n) is 11.5. The standard InChI is InChI=1S/C14H17N3O2/c1-13(2)12(14(13,3)4)16-10-6-5-9(8-15)11(7-10)17(18)19/h5-7,12,16H,1-4H3. The Morgan fingerprint density at radius 2 is 1.89 bits per heavy atom. The van der Waals surface area contributed by atoms with Gasteiger partial charge in [-0.15, -0.1) is 0 Å². The van der Waals surface area contributed by atoms with Gasteiger partial charge in [-0.1, -0.05) is 27.7 Å². The molecule has 5 heteroatoms. The molecule has 0 bridgehead atoms. The highest BCUT2D eigenvalue weighted by atomic mass is 16.6. The fourth-order valence-electron chi connectivity index (χ4n) is 2.59. The summed E-state index contributed by atoms with van der Waals surface area (Å²) in [5, 5.41) is 23.1. The molecule has 0 atom stereocenters. The largest absolute Gasteiger partial charge is 0.381 e. The van der Waals surface area contributed by atoms with Crippen molar-refractivity contribution in [1.82, 2.24) is 0 Å². The highest BCUT2D eigenvalue weighted by Gasteiger charge is 2.64. The Morgan fingerprint density at radius 1 is 1.32 bits per heavy atom. The summed E-state index contributed by atoms with van der Waals surface area (Å²) in [6, 6.07) is 6.75. The van der Waals surface area contributed by atoms with Crippen LogP contribution in [0.1, 0.15) is 33.3 Å². The molecule has 5 nitrogen and oxygen atoms in total. The number of anilines is 1. The van der Waals surface area contributed by atoms with Crippen molar-refractivity contribution in [1.29, 1.82) is 5.26 Å². The Bertz CT molecular complexity index is 571. The molecule has 0 heterocycles. The lowest BCUT2D eigenvalue weighted by Crippen LogP contribution is -2.10. The summed E-state index contributed by atoms with van der Waals surface area (Å²) in [6.07, 6.45) is 0. The van der Waals surface area contributed by atoms with Gasteiger partial charge in [0.1, 0.15) is 11.6 Å². The average Bonchev–Trinajstić information content (AvgIpc) is 2.71. The molecule has 100 valence electrons. The quantitative estimate of drug-likeness (QED) is 0.667. The van der Waals surface area contributed by atoms with E-state index in [0.717, 1.165) is 0 Å². The van der Waals surface area contributed by atoms with E-state index in [1.165, 1.54) is 12.1 Å². The topological polar surface area (TPSA) is 79.0 Å². The summed E-state index contributed by atoms with van der Waals surface area (Å²) < 4.78 is 0. The van der Waals surface area contributed by atoms with E-state index in [2.05, 4.69) is 33.0 Å². The highest BCUT2D eigenvalue weighted by molar-refractivity contribution is 5.60. The molecule has 1 fully saturated rings. The predicted octanol–water partition coefficient (Wildman–Crippen LogP) is 3.31. The summed E-state index contributed by atoms with van der Waals surface area (Å²) in [5.74, 6) is 0. The second-order valence-electron chi connectivity index (χ2n) is 6.12. The van der Waals surface area contributed by atoms with Crippen LogP contribution in [-0.4, -0.2) is 11.0 Å². The zero-order chi connectivity index (χ0) is 14.4. The van der Waals surface area contributed by atoms with Crippen molar-refractivity contribution < 1.29 is 4.92 Å². The van der Waals surface area contributed by atoms with Gasteiger partial charge in [-0.25, -0.2) is 0 Å². The molecule has 0 aliphatic heterocycles. The number of hydrogen-bond acceptors (Lipinski definition) is 4. The second kappa shape index (κ2) is 3.95. The molecule has 1 aromatic carbocycles. The summed E-state index contributed by atoms with van der Waals surface area (Å²) in [6.45, 7) is 8.68. The summed E-state index contributed by atoms with van der Waals surface area (Å²) in [5.41, 5.74) is 0.925. The van der Waals surface area contributed by atoms with E-state index < -0.39 is 4.92 Å². The van der Waals surface area contributed by atoms with Gasteiger partial charge in [-0.3, -0.25) is 10.1 Å². The molecule has 0 spiro atoms. The Kier molecular flexibility index (Phi) is 2.78. The van der Waals surface area contributed by atoms with Gasteiger partial charge in [0, 0.05) is 17.8 Å². The fourth-order valence-corrected chi connectivity index (χ4v) is 2.59. The number of hydrogen-bond donors (Lipinski definition) is 1. The second-order valence-corrected chi connectivity index (χ2v) is 6.12. The monoisotopic (exact) mass is 259 g/mol. The number of nitrogens with one attached hydrogen (secondary N) is 1. The van der Waals surface area contributed by atoms with E-state index in [1.807, 2.05) is 6.07 Å². The average molecular weight is 259 g/mol. The molecular weight excluding hydrogens is 242 g/mol. The molecule has 1 aromatic rings. The van der Waals surface area contributed by atoms with E-state index in [9.17, 15) is 10.1 Å². The first kappa shape index (κ1) is 13.3. The van der Waals surface area contributed by atoms with Crippen molar-refractivity contribution in [2.75, 3.05) is 5.32 Å². The van der Waals surface area contributed by atoms with Crippen LogP contribution in [0.4, 0.5) is 11.4 Å². The maximum absolute atomic E-state index is 10.9. The van der Waals surface area contributed by atoms with Gasteiger partial charge >= 0.3 is 0 Å². The molecular formula is C14H17N3O2. The van der Waals surface area contributed by atoms with Crippen LogP contribution in [0.25, 0.3) is 0 Å². The van der Waals surface area contributed by atoms with Crippen LogP contribution < -0.4 is 5.32 Å². The summed E-state index contributed by atoms with van der Waals surface area (Å²) >= 11 is 0. The van der Waals surface area contributed by atoms with Gasteiger partial charge < -0.3 is 5.32 Å². The minimum Gasteiger partial charge on any atom is -0.381 e. The third-order valence-corrected chi connectivity index (χ3v) is 4.65. The van der Waals surface area contributed by atoms with E-state index in [4.69, 9.17) is 5.26 Å². The highest BCUT2D eigenvalue weighted by Crippen LogP contribution is 2.63. The van der Waals surface area contributed by atoms with Gasteiger partial charge in [-0.2, -0.15) is 5.26 Å². The Morgan fingerprint density at radius 3 is 2.32 bits per heavy atom. The van der Waals surface area contributed by atoms with Crippen molar-refractivity contribution in [3.05, 3.63) is 33.9 Å². The Balaban J connectivity index is 2.27. The zero-order valence-corrected chi connectivity index (χ0v) is 11.5. The molecule has 1 saturated carbocycles. The van der Waals surface area contributed by atoms with Crippen LogP contribution in [0, 0.1) is 32.3 Å². The third kappa shape index (κ3) is 1.93. The van der Waals surface area contributed by atoms with Crippen LogP contribution in [0.2, 0.25) is 0 Å². The normalized spacial score (nSPS) is 19.5. The molecule has 1 aliphatic rings. The van der Waals surface area contributed by atoms with Crippen molar-refractivity contribution in [3.8, 4) is 6.07 Å². The molecule has 0 amide bonds.